The molecule has 18 heavy (non-hydrogen) atoms. The monoisotopic (exact) mass is 270 g/mol. The van der Waals surface area contributed by atoms with Crippen LogP contribution in [0.3, 0.4) is 0 Å². The summed E-state index contributed by atoms with van der Waals surface area (Å²) in [7, 11) is -3.31. The molecule has 0 spiro atoms. The van der Waals surface area contributed by atoms with Gasteiger partial charge in [0.25, 0.3) is 0 Å². The van der Waals surface area contributed by atoms with Gasteiger partial charge in [-0.15, -0.1) is 0 Å². The van der Waals surface area contributed by atoms with E-state index in [4.69, 9.17) is 4.74 Å². The lowest BCUT2D eigenvalue weighted by Gasteiger charge is -2.08. The van der Waals surface area contributed by atoms with E-state index in [1.165, 1.54) is 12.1 Å². The number of carbonyl (C=O) groups is 1. The Morgan fingerprint density at radius 2 is 2.00 bits per heavy atom. The smallest absolute Gasteiger partial charge is 0.338 e. The third-order valence-corrected chi connectivity index (χ3v) is 3.70. The number of hydrogen-bond donors (Lipinski definition) is 0. The highest BCUT2D eigenvalue weighted by Crippen LogP contribution is 2.16. The molecule has 0 saturated carbocycles. The zero-order valence-corrected chi connectivity index (χ0v) is 11.7. The van der Waals surface area contributed by atoms with Gasteiger partial charge in [-0.25, -0.2) is 13.2 Å². The molecule has 1 rings (SSSR count). The van der Waals surface area contributed by atoms with E-state index in [0.717, 1.165) is 19.1 Å². The number of ether oxygens (including phenoxy) is 1. The first-order valence-electron chi connectivity index (χ1n) is 5.84. The number of aryl methyl sites for hydroxylation is 1. The molecule has 0 aliphatic carbocycles. The van der Waals surface area contributed by atoms with Crippen LogP contribution in [-0.2, 0) is 14.6 Å². The van der Waals surface area contributed by atoms with E-state index in [0.29, 0.717) is 17.7 Å². The maximum Gasteiger partial charge on any atom is 0.338 e. The Labute approximate surface area is 108 Å². The zero-order chi connectivity index (χ0) is 13.8. The van der Waals surface area contributed by atoms with Crippen molar-refractivity contribution in [2.24, 2.45) is 0 Å². The Morgan fingerprint density at radius 3 is 2.56 bits per heavy atom. The summed E-state index contributed by atoms with van der Waals surface area (Å²) in [6, 6.07) is 4.49. The molecule has 0 amide bonds. The van der Waals surface area contributed by atoms with Crippen molar-refractivity contribution in [2.75, 3.05) is 12.9 Å². The standard InChI is InChI=1S/C13H18O4S/c1-4-5-8-17-13(14)12-9-11(18(3,15)16)7-6-10(12)2/h6-7,9H,4-5,8H2,1-3H3. The summed E-state index contributed by atoms with van der Waals surface area (Å²) in [6.07, 6.45) is 2.86. The molecule has 0 N–H and O–H groups in total. The fraction of sp³-hybridized carbons (Fsp3) is 0.462. The predicted octanol–water partition coefficient (Wildman–Crippen LogP) is 2.36. The van der Waals surface area contributed by atoms with Crippen molar-refractivity contribution in [3.05, 3.63) is 29.3 Å². The first-order valence-corrected chi connectivity index (χ1v) is 7.73. The average Bonchev–Trinajstić information content (AvgIpc) is 2.28. The molecular weight excluding hydrogens is 252 g/mol. The molecule has 0 aliphatic rings. The Hall–Kier alpha value is -1.36. The highest BCUT2D eigenvalue weighted by Gasteiger charge is 2.15. The molecule has 0 bridgehead atoms. The highest BCUT2D eigenvalue weighted by atomic mass is 32.2. The maximum atomic E-state index is 11.8. The van der Waals surface area contributed by atoms with Crippen molar-refractivity contribution < 1.29 is 17.9 Å². The largest absolute Gasteiger partial charge is 0.462 e. The number of rotatable bonds is 5. The lowest BCUT2D eigenvalue weighted by molar-refractivity contribution is 0.0498. The molecule has 0 aliphatic heterocycles. The minimum atomic E-state index is -3.31. The zero-order valence-electron chi connectivity index (χ0n) is 10.9. The van der Waals surface area contributed by atoms with Gasteiger partial charge in [-0.1, -0.05) is 19.4 Å². The summed E-state index contributed by atoms with van der Waals surface area (Å²) in [5, 5.41) is 0. The first kappa shape index (κ1) is 14.7. The Kier molecular flexibility index (Phi) is 4.90. The van der Waals surface area contributed by atoms with Gasteiger partial charge in [0.05, 0.1) is 17.1 Å². The van der Waals surface area contributed by atoms with E-state index < -0.39 is 15.8 Å². The lowest BCUT2D eigenvalue weighted by Crippen LogP contribution is -2.09. The molecule has 100 valence electrons. The predicted molar refractivity (Wildman–Crippen MR) is 69.5 cm³/mol. The molecule has 1 aromatic rings. The third kappa shape index (κ3) is 3.84. The summed E-state index contributed by atoms with van der Waals surface area (Å²) < 4.78 is 27.9. The van der Waals surface area contributed by atoms with Crippen LogP contribution in [0.1, 0.15) is 35.7 Å². The summed E-state index contributed by atoms with van der Waals surface area (Å²) in [4.78, 5) is 11.9. The highest BCUT2D eigenvalue weighted by molar-refractivity contribution is 7.90. The van der Waals surface area contributed by atoms with Crippen LogP contribution in [0.15, 0.2) is 23.1 Å². The number of sulfone groups is 1. The molecule has 0 heterocycles. The SMILES string of the molecule is CCCCOC(=O)c1cc(S(C)(=O)=O)ccc1C. The Balaban J connectivity index is 2.97. The van der Waals surface area contributed by atoms with Crippen molar-refractivity contribution in [3.63, 3.8) is 0 Å². The van der Waals surface area contributed by atoms with Crippen LogP contribution >= 0.6 is 0 Å². The summed E-state index contributed by atoms with van der Waals surface area (Å²) in [6.45, 7) is 4.11. The van der Waals surface area contributed by atoms with Crippen molar-refractivity contribution in [3.8, 4) is 0 Å². The van der Waals surface area contributed by atoms with Crippen molar-refractivity contribution in [1.29, 1.82) is 0 Å². The van der Waals surface area contributed by atoms with E-state index in [9.17, 15) is 13.2 Å². The van der Waals surface area contributed by atoms with Gasteiger partial charge in [0.2, 0.25) is 0 Å². The fourth-order valence-corrected chi connectivity index (χ4v) is 2.09. The van der Waals surface area contributed by atoms with Crippen LogP contribution in [0.4, 0.5) is 0 Å². The second-order valence-electron chi connectivity index (χ2n) is 4.24. The molecule has 0 unspecified atom stereocenters. The number of hydrogen-bond acceptors (Lipinski definition) is 4. The maximum absolute atomic E-state index is 11.8. The van der Waals surface area contributed by atoms with Gasteiger partial charge in [0.1, 0.15) is 0 Å². The quantitative estimate of drug-likeness (QED) is 0.608. The average molecular weight is 270 g/mol. The topological polar surface area (TPSA) is 60.4 Å². The first-order chi connectivity index (χ1) is 8.36. The van der Waals surface area contributed by atoms with Crippen LogP contribution in [0.25, 0.3) is 0 Å². The normalized spacial score (nSPS) is 11.3. The van der Waals surface area contributed by atoms with Crippen molar-refractivity contribution >= 4 is 15.8 Å². The Morgan fingerprint density at radius 1 is 1.33 bits per heavy atom. The second-order valence-corrected chi connectivity index (χ2v) is 6.25. The molecule has 1 aromatic carbocycles. The van der Waals surface area contributed by atoms with Crippen LogP contribution in [0.2, 0.25) is 0 Å². The number of esters is 1. The summed E-state index contributed by atoms with van der Waals surface area (Å²) >= 11 is 0. The van der Waals surface area contributed by atoms with E-state index in [1.54, 1.807) is 13.0 Å². The second kappa shape index (κ2) is 6.00. The minimum Gasteiger partial charge on any atom is -0.462 e. The molecule has 4 nitrogen and oxygen atoms in total. The molecule has 0 aromatic heterocycles. The van der Waals surface area contributed by atoms with E-state index in [2.05, 4.69) is 0 Å². The molecule has 5 heteroatoms. The third-order valence-electron chi connectivity index (χ3n) is 2.59. The van der Waals surface area contributed by atoms with Crippen LogP contribution in [-0.4, -0.2) is 27.2 Å². The van der Waals surface area contributed by atoms with Gasteiger partial charge in [-0.05, 0) is 31.0 Å². The van der Waals surface area contributed by atoms with E-state index in [1.807, 2.05) is 6.92 Å². The number of benzene rings is 1. The van der Waals surface area contributed by atoms with Crippen molar-refractivity contribution in [2.45, 2.75) is 31.6 Å². The van der Waals surface area contributed by atoms with Crippen LogP contribution < -0.4 is 0 Å². The van der Waals surface area contributed by atoms with E-state index in [-0.39, 0.29) is 4.90 Å². The Bertz CT molecular complexity index is 532. The van der Waals surface area contributed by atoms with Crippen molar-refractivity contribution in [1.82, 2.24) is 0 Å². The summed E-state index contributed by atoms with van der Waals surface area (Å²) in [5.74, 6) is -0.466. The molecule has 0 fully saturated rings. The molecule has 0 saturated heterocycles. The summed E-state index contributed by atoms with van der Waals surface area (Å²) in [5.41, 5.74) is 1.03. The lowest BCUT2D eigenvalue weighted by atomic mass is 10.1. The van der Waals surface area contributed by atoms with Gasteiger partial charge in [0.15, 0.2) is 9.84 Å². The fourth-order valence-electron chi connectivity index (χ4n) is 1.44. The van der Waals surface area contributed by atoms with Gasteiger partial charge < -0.3 is 4.74 Å². The van der Waals surface area contributed by atoms with Gasteiger partial charge in [-0.2, -0.15) is 0 Å². The van der Waals surface area contributed by atoms with Crippen LogP contribution in [0, 0.1) is 6.92 Å². The number of carbonyl (C=O) groups excluding carboxylic acids is 1. The molecule has 0 atom stereocenters. The van der Waals surface area contributed by atoms with Gasteiger partial charge in [0, 0.05) is 6.26 Å². The number of unbranched alkanes of at least 4 members (excludes halogenated alkanes) is 1. The minimum absolute atomic E-state index is 0.135. The molecular formula is C13H18O4S. The van der Waals surface area contributed by atoms with Gasteiger partial charge in [-0.3, -0.25) is 0 Å². The van der Waals surface area contributed by atoms with E-state index >= 15 is 0 Å². The molecule has 0 radical (unpaired) electrons. The van der Waals surface area contributed by atoms with Gasteiger partial charge >= 0.3 is 5.97 Å². The van der Waals surface area contributed by atoms with Crippen LogP contribution in [0.5, 0.6) is 0 Å².